The lowest BCUT2D eigenvalue weighted by Crippen LogP contribution is -2.18. The minimum absolute atomic E-state index is 0.133. The third-order valence-corrected chi connectivity index (χ3v) is 5.29. The molecule has 3 heterocycles. The summed E-state index contributed by atoms with van der Waals surface area (Å²) in [5.41, 5.74) is 2.50. The zero-order chi connectivity index (χ0) is 19.7. The first kappa shape index (κ1) is 18.8. The number of pyridine rings is 1. The number of ether oxygens (including phenoxy) is 1. The summed E-state index contributed by atoms with van der Waals surface area (Å²) < 4.78 is 6.86. The van der Waals surface area contributed by atoms with Crippen molar-refractivity contribution in [2.24, 2.45) is 0 Å². The van der Waals surface area contributed by atoms with Crippen molar-refractivity contribution in [1.29, 1.82) is 0 Å². The summed E-state index contributed by atoms with van der Waals surface area (Å²) in [5, 5.41) is 3.13. The second-order valence-corrected chi connectivity index (χ2v) is 7.42. The Morgan fingerprint density at radius 1 is 1.26 bits per heavy atom. The van der Waals surface area contributed by atoms with Gasteiger partial charge in [0.15, 0.2) is 0 Å². The van der Waals surface area contributed by atoms with Crippen LogP contribution in [0.15, 0.2) is 29.1 Å². The highest BCUT2D eigenvalue weighted by molar-refractivity contribution is 7.16. The van der Waals surface area contributed by atoms with Crippen molar-refractivity contribution in [1.82, 2.24) is 9.38 Å². The van der Waals surface area contributed by atoms with Crippen molar-refractivity contribution in [2.45, 2.75) is 34.3 Å². The summed E-state index contributed by atoms with van der Waals surface area (Å²) in [4.78, 5) is 41.6. The Labute approximate surface area is 159 Å². The molecule has 0 saturated carbocycles. The van der Waals surface area contributed by atoms with Gasteiger partial charge in [-0.1, -0.05) is 6.07 Å². The van der Waals surface area contributed by atoms with E-state index in [1.807, 2.05) is 26.0 Å². The van der Waals surface area contributed by atoms with Gasteiger partial charge in [-0.2, -0.15) is 0 Å². The monoisotopic (exact) mass is 385 g/mol. The average Bonchev–Trinajstić information content (AvgIpc) is 2.85. The fraction of sp³-hybridized carbons (Fsp3) is 0.263. The van der Waals surface area contributed by atoms with E-state index >= 15 is 0 Å². The first-order chi connectivity index (χ1) is 12.8. The lowest BCUT2D eigenvalue weighted by atomic mass is 10.1. The minimum Gasteiger partial charge on any atom is -0.455 e. The highest BCUT2D eigenvalue weighted by atomic mass is 32.1. The number of amides is 1. The van der Waals surface area contributed by atoms with E-state index in [4.69, 9.17) is 4.74 Å². The van der Waals surface area contributed by atoms with Gasteiger partial charge in [-0.3, -0.25) is 14.0 Å². The lowest BCUT2D eigenvalue weighted by Gasteiger charge is -2.09. The van der Waals surface area contributed by atoms with Crippen LogP contribution in [0.25, 0.3) is 5.65 Å². The summed E-state index contributed by atoms with van der Waals surface area (Å²) in [7, 11) is 0. The van der Waals surface area contributed by atoms with Crippen LogP contribution >= 0.6 is 11.3 Å². The number of aromatic nitrogens is 2. The van der Waals surface area contributed by atoms with Crippen LogP contribution in [0.2, 0.25) is 0 Å². The molecule has 0 atom stereocenters. The number of aryl methyl sites for hydroxylation is 2. The summed E-state index contributed by atoms with van der Waals surface area (Å²) in [6, 6.07) is 6.71. The second-order valence-electron chi connectivity index (χ2n) is 6.19. The van der Waals surface area contributed by atoms with E-state index in [-0.39, 0.29) is 18.1 Å². The smallest absolute Gasteiger partial charge is 0.341 e. The number of carbonyl (C=O) groups is 2. The largest absolute Gasteiger partial charge is 0.455 e. The van der Waals surface area contributed by atoms with Gasteiger partial charge in [-0.25, -0.2) is 9.78 Å². The number of nitrogens with zero attached hydrogens (tertiary/aromatic N) is 2. The number of fused-ring (bicyclic) bond motifs is 1. The van der Waals surface area contributed by atoms with E-state index in [2.05, 4.69) is 10.3 Å². The van der Waals surface area contributed by atoms with Crippen LogP contribution in [0, 0.1) is 20.8 Å². The molecular formula is C19H19N3O4S. The molecule has 140 valence electrons. The van der Waals surface area contributed by atoms with Crippen LogP contribution in [0.5, 0.6) is 0 Å². The van der Waals surface area contributed by atoms with Gasteiger partial charge in [-0.15, -0.1) is 11.3 Å². The van der Waals surface area contributed by atoms with Crippen LogP contribution in [0.1, 0.15) is 39.1 Å². The quantitative estimate of drug-likeness (QED) is 0.698. The molecule has 0 aliphatic rings. The molecular weight excluding hydrogens is 366 g/mol. The molecule has 27 heavy (non-hydrogen) atoms. The van der Waals surface area contributed by atoms with Gasteiger partial charge in [0.2, 0.25) is 5.91 Å². The van der Waals surface area contributed by atoms with Crippen molar-refractivity contribution >= 4 is 33.9 Å². The lowest BCUT2D eigenvalue weighted by molar-refractivity contribution is -0.114. The third-order valence-electron chi connectivity index (χ3n) is 4.16. The maximum Gasteiger partial charge on any atom is 0.341 e. The molecule has 0 unspecified atom stereocenters. The number of rotatable bonds is 4. The Morgan fingerprint density at radius 3 is 2.70 bits per heavy atom. The van der Waals surface area contributed by atoms with E-state index in [1.54, 1.807) is 13.0 Å². The molecule has 3 aromatic heterocycles. The summed E-state index contributed by atoms with van der Waals surface area (Å²) in [5.74, 6) is -0.822. The van der Waals surface area contributed by atoms with Crippen LogP contribution in [0.3, 0.4) is 0 Å². The Balaban J connectivity index is 1.86. The Bertz CT molecular complexity index is 1110. The number of carbonyl (C=O) groups excluding carboxylic acids is 2. The van der Waals surface area contributed by atoms with E-state index in [9.17, 15) is 14.4 Å². The van der Waals surface area contributed by atoms with Crippen LogP contribution in [-0.2, 0) is 16.1 Å². The topological polar surface area (TPSA) is 89.8 Å². The normalized spacial score (nSPS) is 10.8. The summed E-state index contributed by atoms with van der Waals surface area (Å²) >= 11 is 1.32. The number of hydrogen-bond donors (Lipinski definition) is 1. The van der Waals surface area contributed by atoms with Crippen molar-refractivity contribution in [3.05, 3.63) is 62.0 Å². The number of anilines is 1. The van der Waals surface area contributed by atoms with Gasteiger partial charge in [0, 0.05) is 23.6 Å². The van der Waals surface area contributed by atoms with Gasteiger partial charge in [0.1, 0.15) is 17.3 Å². The Kier molecular flexibility index (Phi) is 5.09. The summed E-state index contributed by atoms with van der Waals surface area (Å²) in [6.07, 6.45) is 0. The Morgan fingerprint density at radius 2 is 2.00 bits per heavy atom. The predicted molar refractivity (Wildman–Crippen MR) is 103 cm³/mol. The molecule has 1 N–H and O–H groups in total. The molecule has 3 rings (SSSR count). The van der Waals surface area contributed by atoms with E-state index in [1.165, 1.54) is 28.7 Å². The fourth-order valence-electron chi connectivity index (χ4n) is 2.77. The molecule has 0 aromatic carbocycles. The standard InChI is InChI=1S/C19H19N3O4S/c1-10-6-5-7-15-21-14(8-16(24)22(10)15)9-26-19(25)17-11(2)12(3)27-18(17)20-13(4)23/h5-8H,9H2,1-4H3,(H,20,23). The molecule has 0 aliphatic heterocycles. The molecule has 7 nitrogen and oxygen atoms in total. The third kappa shape index (κ3) is 3.75. The van der Waals surface area contributed by atoms with Gasteiger partial charge in [0.05, 0.1) is 11.3 Å². The first-order valence-electron chi connectivity index (χ1n) is 8.31. The molecule has 0 bridgehead atoms. The highest BCUT2D eigenvalue weighted by Gasteiger charge is 2.22. The molecule has 8 heteroatoms. The number of thiophene rings is 1. The fourth-order valence-corrected chi connectivity index (χ4v) is 3.86. The van der Waals surface area contributed by atoms with Crippen molar-refractivity contribution < 1.29 is 14.3 Å². The number of esters is 1. The molecule has 0 spiro atoms. The van der Waals surface area contributed by atoms with Gasteiger partial charge in [-0.05, 0) is 38.5 Å². The van der Waals surface area contributed by atoms with Crippen molar-refractivity contribution in [2.75, 3.05) is 5.32 Å². The van der Waals surface area contributed by atoms with Gasteiger partial charge in [0.25, 0.3) is 5.56 Å². The molecule has 0 fully saturated rings. The SMILES string of the molecule is CC(=O)Nc1sc(C)c(C)c1C(=O)OCc1cc(=O)n2c(C)cccc2n1. The van der Waals surface area contributed by atoms with Crippen LogP contribution < -0.4 is 10.9 Å². The minimum atomic E-state index is -0.563. The predicted octanol–water partition coefficient (Wildman–Crippen LogP) is 3.00. The molecule has 0 radical (unpaired) electrons. The second kappa shape index (κ2) is 7.32. The molecule has 3 aromatic rings. The maximum absolute atomic E-state index is 12.6. The van der Waals surface area contributed by atoms with E-state index < -0.39 is 5.97 Å². The maximum atomic E-state index is 12.6. The molecule has 0 aliphatic carbocycles. The number of hydrogen-bond acceptors (Lipinski definition) is 6. The highest BCUT2D eigenvalue weighted by Crippen LogP contribution is 2.33. The van der Waals surface area contributed by atoms with Gasteiger partial charge >= 0.3 is 5.97 Å². The molecule has 1 amide bonds. The zero-order valence-corrected chi connectivity index (χ0v) is 16.3. The number of nitrogens with one attached hydrogen (secondary N) is 1. The van der Waals surface area contributed by atoms with Gasteiger partial charge < -0.3 is 10.1 Å². The zero-order valence-electron chi connectivity index (χ0n) is 15.5. The van der Waals surface area contributed by atoms with Crippen LogP contribution in [0.4, 0.5) is 5.00 Å². The average molecular weight is 385 g/mol. The van der Waals surface area contributed by atoms with E-state index in [0.717, 1.165) is 16.1 Å². The summed E-state index contributed by atoms with van der Waals surface area (Å²) in [6.45, 7) is 6.74. The van der Waals surface area contributed by atoms with E-state index in [0.29, 0.717) is 21.9 Å². The van der Waals surface area contributed by atoms with Crippen LogP contribution in [-0.4, -0.2) is 21.3 Å². The first-order valence-corrected chi connectivity index (χ1v) is 9.12. The Hall–Kier alpha value is -3.00. The van der Waals surface area contributed by atoms with Crippen molar-refractivity contribution in [3.63, 3.8) is 0 Å². The molecule has 0 saturated heterocycles. The van der Waals surface area contributed by atoms with Crippen molar-refractivity contribution in [3.8, 4) is 0 Å².